The molecule has 0 bridgehead atoms. The second kappa shape index (κ2) is 8.19. The molecule has 36 heavy (non-hydrogen) atoms. The number of aryl methyl sites for hydroxylation is 1. The lowest BCUT2D eigenvalue weighted by Gasteiger charge is -2.31. The highest BCUT2D eigenvalue weighted by atomic mass is 19.1. The molecule has 6 rings (SSSR count). The number of pyridine rings is 2. The zero-order valence-electron chi connectivity index (χ0n) is 20.3. The Hall–Kier alpha value is -3.14. The fourth-order valence-corrected chi connectivity index (χ4v) is 6.11. The number of esters is 1. The van der Waals surface area contributed by atoms with Crippen molar-refractivity contribution in [3.05, 3.63) is 61.7 Å². The SMILES string of the molecule is CC[C@@]1(O)C(=O)OCc2c1cc1n(c2=O)Cc2c-1nc1cc(F)c(C)c3c1c2[C@@H](NCCCO)CC3. The van der Waals surface area contributed by atoms with Crippen molar-refractivity contribution in [3.63, 3.8) is 0 Å². The van der Waals surface area contributed by atoms with Gasteiger partial charge in [0.1, 0.15) is 12.4 Å². The zero-order valence-corrected chi connectivity index (χ0v) is 20.3. The first-order valence-electron chi connectivity index (χ1n) is 12.5. The van der Waals surface area contributed by atoms with Gasteiger partial charge < -0.3 is 24.8 Å². The molecular formula is C27H28FN3O5. The Balaban J connectivity index is 1.63. The number of nitrogens with zero attached hydrogens (tertiary/aromatic N) is 2. The summed E-state index contributed by atoms with van der Waals surface area (Å²) in [5, 5.41) is 24.9. The third-order valence-corrected chi connectivity index (χ3v) is 8.10. The van der Waals surface area contributed by atoms with Crippen LogP contribution in [0.25, 0.3) is 22.3 Å². The molecule has 0 radical (unpaired) electrons. The van der Waals surface area contributed by atoms with E-state index in [9.17, 15) is 24.2 Å². The Labute approximate surface area is 206 Å². The Morgan fingerprint density at radius 2 is 2.08 bits per heavy atom. The summed E-state index contributed by atoms with van der Waals surface area (Å²) < 4.78 is 21.7. The Morgan fingerprint density at radius 1 is 1.28 bits per heavy atom. The summed E-state index contributed by atoms with van der Waals surface area (Å²) in [5.74, 6) is -1.08. The van der Waals surface area contributed by atoms with Gasteiger partial charge in [-0.15, -0.1) is 0 Å². The van der Waals surface area contributed by atoms with Crippen molar-refractivity contribution in [3.8, 4) is 11.4 Å². The number of carbonyl (C=O) groups excluding carboxylic acids is 1. The summed E-state index contributed by atoms with van der Waals surface area (Å²) in [6.45, 7) is 4.27. The molecule has 3 aromatic rings. The predicted molar refractivity (Wildman–Crippen MR) is 130 cm³/mol. The van der Waals surface area contributed by atoms with E-state index in [-0.39, 0.29) is 48.2 Å². The van der Waals surface area contributed by atoms with E-state index in [0.717, 1.165) is 28.5 Å². The Bertz CT molecular complexity index is 1510. The third kappa shape index (κ3) is 3.06. The molecule has 0 fully saturated rings. The van der Waals surface area contributed by atoms with Gasteiger partial charge in [-0.2, -0.15) is 0 Å². The Kier molecular flexibility index (Phi) is 5.30. The fourth-order valence-electron chi connectivity index (χ4n) is 6.11. The topological polar surface area (TPSA) is 114 Å². The number of halogens is 1. The molecule has 0 amide bonds. The number of nitrogens with one attached hydrogen (secondary N) is 1. The van der Waals surface area contributed by atoms with E-state index in [1.54, 1.807) is 24.5 Å². The molecule has 2 aliphatic heterocycles. The van der Waals surface area contributed by atoms with Crippen LogP contribution in [0.3, 0.4) is 0 Å². The van der Waals surface area contributed by atoms with Gasteiger partial charge in [-0.1, -0.05) is 6.92 Å². The summed E-state index contributed by atoms with van der Waals surface area (Å²) in [6, 6.07) is 3.10. The first-order valence-corrected chi connectivity index (χ1v) is 12.5. The van der Waals surface area contributed by atoms with E-state index < -0.39 is 11.6 Å². The van der Waals surface area contributed by atoms with Gasteiger partial charge in [0, 0.05) is 35.2 Å². The lowest BCUT2D eigenvalue weighted by atomic mass is 9.81. The highest BCUT2D eigenvalue weighted by Crippen LogP contribution is 2.45. The van der Waals surface area contributed by atoms with E-state index in [4.69, 9.17) is 9.72 Å². The minimum atomic E-state index is -1.90. The van der Waals surface area contributed by atoms with Gasteiger partial charge in [0.05, 0.1) is 29.0 Å². The molecule has 8 nitrogen and oxygen atoms in total. The summed E-state index contributed by atoms with van der Waals surface area (Å²) in [6.07, 6.45) is 2.14. The molecule has 0 saturated heterocycles. The molecule has 2 aromatic heterocycles. The lowest BCUT2D eigenvalue weighted by molar-refractivity contribution is -0.172. The van der Waals surface area contributed by atoms with Crippen LogP contribution in [0.5, 0.6) is 0 Å². The van der Waals surface area contributed by atoms with Crippen molar-refractivity contribution < 1.29 is 24.1 Å². The average Bonchev–Trinajstić information content (AvgIpc) is 3.24. The number of aliphatic hydroxyl groups is 2. The lowest BCUT2D eigenvalue weighted by Crippen LogP contribution is -2.44. The number of aromatic nitrogens is 2. The highest BCUT2D eigenvalue weighted by Gasteiger charge is 2.45. The maximum Gasteiger partial charge on any atom is 0.343 e. The van der Waals surface area contributed by atoms with E-state index in [0.29, 0.717) is 48.4 Å². The van der Waals surface area contributed by atoms with Crippen LogP contribution in [0.1, 0.15) is 65.6 Å². The summed E-state index contributed by atoms with van der Waals surface area (Å²) in [4.78, 5) is 30.9. The van der Waals surface area contributed by atoms with Crippen LogP contribution in [0.2, 0.25) is 0 Å². The van der Waals surface area contributed by atoms with Crippen molar-refractivity contribution in [2.75, 3.05) is 13.2 Å². The van der Waals surface area contributed by atoms with Crippen LogP contribution in [0.15, 0.2) is 16.9 Å². The third-order valence-electron chi connectivity index (χ3n) is 8.10. The van der Waals surface area contributed by atoms with Gasteiger partial charge >= 0.3 is 5.97 Å². The standard InChI is InChI=1S/C27H28FN3O5/c1-3-27(35)17-9-21-24-15(11-31(21)25(33)16(17)12-36-26(27)34)23-19(29-7-4-8-32)6-5-14-13(2)18(28)10-20(30-24)22(14)23/h9-10,19,29,32,35H,3-8,11-12H2,1-2H3/t19-,27-/m0/s1. The zero-order chi connectivity index (χ0) is 25.4. The normalized spacial score (nSPS) is 21.8. The molecule has 3 N–H and O–H groups in total. The number of cyclic esters (lactones) is 1. The summed E-state index contributed by atoms with van der Waals surface area (Å²) >= 11 is 0. The van der Waals surface area contributed by atoms with E-state index in [1.807, 2.05) is 0 Å². The van der Waals surface area contributed by atoms with Gasteiger partial charge in [0.2, 0.25) is 0 Å². The number of ether oxygens (including phenoxy) is 1. The van der Waals surface area contributed by atoms with E-state index in [1.165, 1.54) is 6.07 Å². The van der Waals surface area contributed by atoms with Gasteiger partial charge in [-0.25, -0.2) is 14.2 Å². The van der Waals surface area contributed by atoms with Crippen molar-refractivity contribution in [1.82, 2.24) is 14.9 Å². The van der Waals surface area contributed by atoms with Gasteiger partial charge in [0.15, 0.2) is 5.60 Å². The minimum absolute atomic E-state index is 0.0368. The average molecular weight is 494 g/mol. The number of rotatable bonds is 5. The second-order valence-corrected chi connectivity index (χ2v) is 9.93. The summed E-state index contributed by atoms with van der Waals surface area (Å²) in [5.41, 5.74) is 3.38. The first kappa shape index (κ1) is 23.3. The van der Waals surface area contributed by atoms with Crippen LogP contribution in [-0.2, 0) is 34.7 Å². The van der Waals surface area contributed by atoms with Gasteiger partial charge in [-0.05, 0) is 61.9 Å². The van der Waals surface area contributed by atoms with E-state index in [2.05, 4.69) is 5.32 Å². The van der Waals surface area contributed by atoms with Gasteiger partial charge in [-0.3, -0.25) is 4.79 Å². The molecule has 0 unspecified atom stereocenters. The maximum absolute atomic E-state index is 14.9. The number of carbonyl (C=O) groups is 1. The Morgan fingerprint density at radius 3 is 2.83 bits per heavy atom. The van der Waals surface area contributed by atoms with Crippen molar-refractivity contribution >= 4 is 16.9 Å². The highest BCUT2D eigenvalue weighted by molar-refractivity contribution is 5.93. The second-order valence-electron chi connectivity index (χ2n) is 9.93. The molecular weight excluding hydrogens is 465 g/mol. The monoisotopic (exact) mass is 493 g/mol. The van der Waals surface area contributed by atoms with E-state index >= 15 is 0 Å². The van der Waals surface area contributed by atoms with Crippen LogP contribution in [0, 0.1) is 12.7 Å². The molecule has 188 valence electrons. The van der Waals surface area contributed by atoms with Crippen molar-refractivity contribution in [2.45, 2.75) is 64.3 Å². The van der Waals surface area contributed by atoms with Crippen LogP contribution >= 0.6 is 0 Å². The van der Waals surface area contributed by atoms with Crippen molar-refractivity contribution in [1.29, 1.82) is 0 Å². The quantitative estimate of drug-likeness (QED) is 0.289. The molecule has 3 aliphatic rings. The van der Waals surface area contributed by atoms with Crippen LogP contribution in [0.4, 0.5) is 4.39 Å². The predicted octanol–water partition coefficient (Wildman–Crippen LogP) is 2.49. The van der Waals surface area contributed by atoms with Crippen LogP contribution in [-0.4, -0.2) is 38.9 Å². The molecule has 4 heterocycles. The molecule has 0 saturated carbocycles. The number of fused-ring (bicyclic) bond motifs is 5. The fraction of sp³-hybridized carbons (Fsp3) is 0.444. The van der Waals surface area contributed by atoms with Crippen LogP contribution < -0.4 is 10.9 Å². The minimum Gasteiger partial charge on any atom is -0.458 e. The summed E-state index contributed by atoms with van der Waals surface area (Å²) in [7, 11) is 0. The first-order chi connectivity index (χ1) is 17.3. The van der Waals surface area contributed by atoms with Crippen molar-refractivity contribution in [2.24, 2.45) is 0 Å². The number of hydrogen-bond acceptors (Lipinski definition) is 7. The molecule has 1 aliphatic carbocycles. The largest absolute Gasteiger partial charge is 0.458 e. The maximum atomic E-state index is 14.9. The molecule has 1 aromatic carbocycles. The number of benzene rings is 1. The molecule has 9 heteroatoms. The molecule has 0 spiro atoms. The smallest absolute Gasteiger partial charge is 0.343 e. The molecule has 2 atom stereocenters. The van der Waals surface area contributed by atoms with Gasteiger partial charge in [0.25, 0.3) is 5.56 Å². The number of hydrogen-bond donors (Lipinski definition) is 3. The number of aliphatic hydroxyl groups excluding tert-OH is 1.